The highest BCUT2D eigenvalue weighted by Gasteiger charge is 2.62. The predicted molar refractivity (Wildman–Crippen MR) is 235 cm³/mol. The number of hydrogen-bond acceptors (Lipinski definition) is 11. The molecule has 10 atom stereocenters. The van der Waals surface area contributed by atoms with Gasteiger partial charge in [0.2, 0.25) is 27.7 Å². The number of fused-ring (bicyclic) bond motifs is 4. The van der Waals surface area contributed by atoms with Crippen LogP contribution in [-0.2, 0) is 33.9 Å². The third-order valence-electron chi connectivity index (χ3n) is 14.8. The number of ketones is 1. The van der Waals surface area contributed by atoms with Crippen LogP contribution in [0, 0.1) is 46.7 Å². The summed E-state index contributed by atoms with van der Waals surface area (Å²) in [6.45, 7) is 4.09. The van der Waals surface area contributed by atoms with Crippen LogP contribution in [0.1, 0.15) is 90.9 Å². The first-order valence-corrected chi connectivity index (χ1v) is 24.4. The minimum Gasteiger partial charge on any atom is -0.497 e. The second kappa shape index (κ2) is 17.4. The van der Waals surface area contributed by atoms with Crippen LogP contribution in [0.15, 0.2) is 54.6 Å². The van der Waals surface area contributed by atoms with E-state index in [9.17, 15) is 22.8 Å². The Balaban J connectivity index is 1.06. The number of sulfonamides is 1. The zero-order valence-electron chi connectivity index (χ0n) is 36.9. The van der Waals surface area contributed by atoms with Crippen LogP contribution in [-0.4, -0.2) is 86.1 Å². The average molecular weight is 900 g/mol. The molecule has 4 aliphatic carbocycles. The number of Topliss-reactive ketones (excluding diaryl/α,β-unsaturated/α-hetero) is 1. The molecular formula is C49H58FN3O10S. The minimum atomic E-state index is -3.90. The Hall–Kier alpha value is -5.05. The molecule has 0 radical (unpaired) electrons. The SMILES string of the molecule is COc1ccc2c(O[C@@H]3C[C@H]4C(=O)C[C@]5(C(=O)NS(=O)(=O)C6CC6)C[C@H]5/C=C\CC[C@@H](C)C[C@@H](C)[C@H](CC(=O)OC5C[C@@H]6C[C@@H]6C5)C(=O)N4C3)nc(-c3ccc(OC)c(F)c3)cc2c1. The summed E-state index contributed by atoms with van der Waals surface area (Å²) >= 11 is 0. The molecule has 4 saturated carbocycles. The van der Waals surface area contributed by atoms with Crippen LogP contribution in [0.5, 0.6) is 17.4 Å². The van der Waals surface area contributed by atoms with Crippen molar-refractivity contribution in [3.8, 4) is 28.6 Å². The molecule has 2 aromatic carbocycles. The molecule has 2 aliphatic heterocycles. The molecule has 2 amide bonds. The summed E-state index contributed by atoms with van der Waals surface area (Å²) in [6, 6.07) is 10.7. The van der Waals surface area contributed by atoms with Crippen molar-refractivity contribution in [2.24, 2.45) is 40.9 Å². The van der Waals surface area contributed by atoms with Gasteiger partial charge in [0, 0.05) is 23.8 Å². The number of allylic oxidation sites excluding steroid dienone is 2. The number of ether oxygens (including phenoxy) is 4. The second-order valence-corrected chi connectivity index (χ2v) is 21.5. The van der Waals surface area contributed by atoms with Gasteiger partial charge in [-0.3, -0.25) is 23.9 Å². The molecule has 342 valence electrons. The standard InChI is InChI=1S/C49H58FN3O10S/c1-27-7-5-6-8-33-24-49(33,48(57)52-64(58,59)37-11-12-37)25-43(54)42-22-36(26-53(42)47(56)39(28(2)15-27)23-45(55)62-35-17-30-16-31(30)18-35)63-46-38-13-10-34(60-3)19-32(38)21-41(51-46)29-9-14-44(61-4)40(50)20-29/h6,8-10,13-14,19-21,27-28,30-31,33,35-37,39,42H,5,7,11-12,15-18,22-26H2,1-4H3,(H,52,57)/b8-6-/t27-,28-,30-,31+,33-,35?,36-,39+,42+,49-/m1/s1. The van der Waals surface area contributed by atoms with Crippen molar-refractivity contribution in [2.75, 3.05) is 20.8 Å². The Kier molecular flexibility index (Phi) is 12.0. The molecule has 64 heavy (non-hydrogen) atoms. The average Bonchev–Trinajstić information content (AvgIpc) is 4.23. The van der Waals surface area contributed by atoms with E-state index in [0.717, 1.165) is 19.3 Å². The summed E-state index contributed by atoms with van der Waals surface area (Å²) in [7, 11) is -0.959. The lowest BCUT2D eigenvalue weighted by Crippen LogP contribution is -2.47. The highest BCUT2D eigenvalue weighted by atomic mass is 32.2. The number of benzene rings is 2. The molecule has 1 unspecified atom stereocenters. The maximum Gasteiger partial charge on any atom is 0.306 e. The van der Waals surface area contributed by atoms with Gasteiger partial charge in [0.15, 0.2) is 17.3 Å². The van der Waals surface area contributed by atoms with Crippen molar-refractivity contribution < 1.29 is 50.9 Å². The van der Waals surface area contributed by atoms with Gasteiger partial charge < -0.3 is 23.8 Å². The third kappa shape index (κ3) is 9.10. The monoisotopic (exact) mass is 899 g/mol. The summed E-state index contributed by atoms with van der Waals surface area (Å²) in [6.07, 6.45) is 8.95. The second-order valence-electron chi connectivity index (χ2n) is 19.5. The van der Waals surface area contributed by atoms with Crippen molar-refractivity contribution in [3.05, 3.63) is 60.4 Å². The highest BCUT2D eigenvalue weighted by Crippen LogP contribution is 2.57. The van der Waals surface area contributed by atoms with Crippen molar-refractivity contribution in [3.63, 3.8) is 0 Å². The van der Waals surface area contributed by atoms with Gasteiger partial charge >= 0.3 is 5.97 Å². The Bertz CT molecular complexity index is 2480. The number of hydrogen-bond donors (Lipinski definition) is 1. The normalized spacial score (nSPS) is 32.0. The number of rotatable bonds is 11. The van der Waals surface area contributed by atoms with E-state index in [1.807, 2.05) is 25.1 Å². The molecular weight excluding hydrogens is 842 g/mol. The minimum absolute atomic E-state index is 0.0195. The molecule has 5 fully saturated rings. The van der Waals surface area contributed by atoms with E-state index in [2.05, 4.69) is 11.6 Å². The number of esters is 1. The molecule has 1 N–H and O–H groups in total. The molecule has 3 heterocycles. The fourth-order valence-electron chi connectivity index (χ4n) is 10.7. The smallest absolute Gasteiger partial charge is 0.306 e. The van der Waals surface area contributed by atoms with Crippen LogP contribution < -0.4 is 18.9 Å². The van der Waals surface area contributed by atoms with Crippen LogP contribution in [0.2, 0.25) is 0 Å². The molecule has 1 saturated heterocycles. The summed E-state index contributed by atoms with van der Waals surface area (Å²) in [5.74, 6) is -1.58. The third-order valence-corrected chi connectivity index (χ3v) is 16.6. The van der Waals surface area contributed by atoms with E-state index < -0.39 is 56.4 Å². The number of halogens is 1. The number of nitrogens with zero attached hydrogens (tertiary/aromatic N) is 2. The fourth-order valence-corrected chi connectivity index (χ4v) is 12.1. The lowest BCUT2D eigenvalue weighted by Gasteiger charge is -2.32. The van der Waals surface area contributed by atoms with Crippen molar-refractivity contribution in [1.29, 1.82) is 0 Å². The Morgan fingerprint density at radius 3 is 2.44 bits per heavy atom. The maximum absolute atomic E-state index is 15.2. The summed E-state index contributed by atoms with van der Waals surface area (Å²) in [5.41, 5.74) is -0.433. The number of pyridine rings is 1. The van der Waals surface area contributed by atoms with Crippen LogP contribution in [0.4, 0.5) is 4.39 Å². The van der Waals surface area contributed by atoms with Gasteiger partial charge in [-0.2, -0.15) is 0 Å². The van der Waals surface area contributed by atoms with Gasteiger partial charge in [-0.1, -0.05) is 26.0 Å². The first-order valence-electron chi connectivity index (χ1n) is 22.9. The van der Waals surface area contributed by atoms with Crippen molar-refractivity contribution >= 4 is 44.4 Å². The van der Waals surface area contributed by atoms with Gasteiger partial charge in [-0.15, -0.1) is 0 Å². The Morgan fingerprint density at radius 1 is 0.938 bits per heavy atom. The number of carbonyl (C=O) groups excluding carboxylic acids is 4. The van der Waals surface area contributed by atoms with Crippen LogP contribution in [0.3, 0.4) is 0 Å². The molecule has 3 aromatic rings. The summed E-state index contributed by atoms with van der Waals surface area (Å²) in [4.78, 5) is 64.2. The van der Waals surface area contributed by atoms with E-state index in [4.69, 9.17) is 23.9 Å². The molecule has 6 aliphatic rings. The Labute approximate surface area is 373 Å². The molecule has 15 heteroatoms. The van der Waals surface area contributed by atoms with E-state index in [0.29, 0.717) is 71.7 Å². The largest absolute Gasteiger partial charge is 0.497 e. The summed E-state index contributed by atoms with van der Waals surface area (Å²) < 4.78 is 66.8. The van der Waals surface area contributed by atoms with Crippen LogP contribution in [0.25, 0.3) is 22.0 Å². The van der Waals surface area contributed by atoms with Crippen LogP contribution >= 0.6 is 0 Å². The van der Waals surface area contributed by atoms with E-state index in [1.165, 1.54) is 30.6 Å². The van der Waals surface area contributed by atoms with E-state index in [1.54, 1.807) is 31.4 Å². The molecule has 1 aromatic heterocycles. The van der Waals surface area contributed by atoms with Gasteiger partial charge in [0.05, 0.1) is 55.5 Å². The molecule has 13 nitrogen and oxygen atoms in total. The topological polar surface area (TPSA) is 167 Å². The first-order chi connectivity index (χ1) is 30.6. The van der Waals surface area contributed by atoms with Gasteiger partial charge in [0.1, 0.15) is 18.0 Å². The summed E-state index contributed by atoms with van der Waals surface area (Å²) in [5, 5.41) is 0.686. The number of methoxy groups -OCH3 is 2. The van der Waals surface area contributed by atoms with Crippen molar-refractivity contribution in [2.45, 2.75) is 114 Å². The fraction of sp³-hybridized carbons (Fsp3) is 0.571. The van der Waals surface area contributed by atoms with E-state index >= 15 is 9.18 Å². The number of aromatic nitrogens is 1. The molecule has 0 bridgehead atoms. The first kappa shape index (κ1) is 44.2. The van der Waals surface area contributed by atoms with Gasteiger partial charge in [-0.05, 0) is 135 Å². The maximum atomic E-state index is 15.2. The zero-order valence-corrected chi connectivity index (χ0v) is 37.7. The lowest BCUT2D eigenvalue weighted by atomic mass is 9.82. The number of nitrogens with one attached hydrogen (secondary N) is 1. The zero-order chi connectivity index (χ0) is 45.1. The number of amides is 2. The quantitative estimate of drug-likeness (QED) is 0.151. The van der Waals surface area contributed by atoms with Gasteiger partial charge in [-0.25, -0.2) is 17.8 Å². The van der Waals surface area contributed by atoms with Gasteiger partial charge in [0.25, 0.3) is 0 Å². The van der Waals surface area contributed by atoms with Crippen molar-refractivity contribution in [1.82, 2.24) is 14.6 Å². The predicted octanol–water partition coefficient (Wildman–Crippen LogP) is 7.34. The number of carbonyl (C=O) groups is 4. The molecule has 0 spiro atoms. The molecule has 9 rings (SSSR count). The lowest BCUT2D eigenvalue weighted by molar-refractivity contribution is -0.155. The highest BCUT2D eigenvalue weighted by molar-refractivity contribution is 7.90. The Morgan fingerprint density at radius 2 is 1.72 bits per heavy atom. The van der Waals surface area contributed by atoms with E-state index in [-0.39, 0.29) is 73.0 Å².